The van der Waals surface area contributed by atoms with Crippen molar-refractivity contribution in [1.82, 2.24) is 5.32 Å². The summed E-state index contributed by atoms with van der Waals surface area (Å²) in [5.41, 5.74) is 1.53. The van der Waals surface area contributed by atoms with Gasteiger partial charge in [-0.3, -0.25) is 9.59 Å². The molecule has 0 bridgehead atoms. The third-order valence-corrected chi connectivity index (χ3v) is 3.13. The number of hydrogen-bond acceptors (Lipinski definition) is 3. The van der Waals surface area contributed by atoms with Gasteiger partial charge in [-0.05, 0) is 37.1 Å². The Morgan fingerprint density at radius 2 is 2.06 bits per heavy atom. The molecule has 0 radical (unpaired) electrons. The minimum atomic E-state index is -0.713. The smallest absolute Gasteiger partial charge is 0.313 e. The molecule has 2 amide bonds. The molecule has 0 aliphatic rings. The number of aliphatic hydroxyl groups excluding tert-OH is 1. The molecule has 18 heavy (non-hydrogen) atoms. The van der Waals surface area contributed by atoms with Gasteiger partial charge in [0.2, 0.25) is 0 Å². The van der Waals surface area contributed by atoms with E-state index in [9.17, 15) is 9.59 Å². The lowest BCUT2D eigenvalue weighted by atomic mass is 10.2. The van der Waals surface area contributed by atoms with E-state index in [4.69, 9.17) is 5.11 Å². The maximum absolute atomic E-state index is 11.5. The minimum Gasteiger partial charge on any atom is -0.396 e. The Kier molecular flexibility index (Phi) is 5.80. The van der Waals surface area contributed by atoms with Crippen LogP contribution < -0.4 is 10.6 Å². The lowest BCUT2D eigenvalue weighted by molar-refractivity contribution is -0.136. The van der Waals surface area contributed by atoms with Gasteiger partial charge in [-0.25, -0.2) is 0 Å². The van der Waals surface area contributed by atoms with Crippen LogP contribution in [0.25, 0.3) is 0 Å². The van der Waals surface area contributed by atoms with E-state index in [1.54, 1.807) is 18.2 Å². The fourth-order valence-electron chi connectivity index (χ4n) is 1.27. The average Bonchev–Trinajstić information content (AvgIpc) is 2.34. The zero-order chi connectivity index (χ0) is 13.5. The lowest BCUT2D eigenvalue weighted by Gasteiger charge is -2.07. The van der Waals surface area contributed by atoms with E-state index in [0.29, 0.717) is 12.1 Å². The first kappa shape index (κ1) is 14.7. The molecule has 0 saturated heterocycles. The number of anilines is 1. The Hall–Kier alpha value is -1.40. The Bertz CT molecular complexity index is 449. The Balaban J connectivity index is 2.53. The number of halogens is 1. The largest absolute Gasteiger partial charge is 0.396 e. The summed E-state index contributed by atoms with van der Waals surface area (Å²) in [4.78, 5) is 22.9. The quantitative estimate of drug-likeness (QED) is 0.577. The van der Waals surface area contributed by atoms with Crippen molar-refractivity contribution in [2.24, 2.45) is 0 Å². The number of nitrogens with one attached hydrogen (secondary N) is 2. The number of amides is 2. The van der Waals surface area contributed by atoms with E-state index in [1.165, 1.54) is 0 Å². The monoisotopic (exact) mass is 314 g/mol. The number of hydrogen-bond donors (Lipinski definition) is 3. The molecule has 0 aliphatic carbocycles. The molecule has 0 spiro atoms. The summed E-state index contributed by atoms with van der Waals surface area (Å²) in [5.74, 6) is -1.42. The molecule has 0 unspecified atom stereocenters. The third-order valence-electron chi connectivity index (χ3n) is 2.24. The summed E-state index contributed by atoms with van der Waals surface area (Å²) < 4.78 is 0.938. The second-order valence-corrected chi connectivity index (χ2v) is 4.61. The maximum atomic E-state index is 11.5. The standard InChI is InChI=1S/C12H15BrN2O3/c1-8-7-9(3-4-10(8)13)15-12(18)11(17)14-5-2-6-16/h3-4,7,16H,2,5-6H2,1H3,(H,14,17)(H,15,18). The van der Waals surface area contributed by atoms with Crippen LogP contribution in [-0.2, 0) is 9.59 Å². The van der Waals surface area contributed by atoms with Crippen molar-refractivity contribution < 1.29 is 14.7 Å². The average molecular weight is 315 g/mol. The minimum absolute atomic E-state index is 0.0200. The van der Waals surface area contributed by atoms with Crippen molar-refractivity contribution >= 4 is 33.4 Å². The highest BCUT2D eigenvalue weighted by molar-refractivity contribution is 9.10. The van der Waals surface area contributed by atoms with E-state index in [0.717, 1.165) is 10.0 Å². The molecular weight excluding hydrogens is 300 g/mol. The zero-order valence-electron chi connectivity index (χ0n) is 10.00. The highest BCUT2D eigenvalue weighted by Crippen LogP contribution is 2.19. The summed E-state index contributed by atoms with van der Waals surface area (Å²) in [6.07, 6.45) is 0.427. The second-order valence-electron chi connectivity index (χ2n) is 3.75. The van der Waals surface area contributed by atoms with E-state index < -0.39 is 11.8 Å². The molecule has 6 heteroatoms. The van der Waals surface area contributed by atoms with Gasteiger partial charge >= 0.3 is 11.8 Å². The van der Waals surface area contributed by atoms with Gasteiger partial charge in [-0.2, -0.15) is 0 Å². The number of benzene rings is 1. The number of carbonyl (C=O) groups is 2. The van der Waals surface area contributed by atoms with Gasteiger partial charge in [0.15, 0.2) is 0 Å². The third kappa shape index (κ3) is 4.46. The summed E-state index contributed by atoms with van der Waals surface area (Å²) in [6, 6.07) is 5.27. The van der Waals surface area contributed by atoms with Gasteiger partial charge in [0.25, 0.3) is 0 Å². The topological polar surface area (TPSA) is 78.4 Å². The Morgan fingerprint density at radius 1 is 1.33 bits per heavy atom. The van der Waals surface area contributed by atoms with Crippen molar-refractivity contribution in [1.29, 1.82) is 0 Å². The van der Waals surface area contributed by atoms with Gasteiger partial charge in [0.1, 0.15) is 0 Å². The summed E-state index contributed by atoms with van der Waals surface area (Å²) in [6.45, 7) is 2.15. The van der Waals surface area contributed by atoms with E-state index >= 15 is 0 Å². The van der Waals surface area contributed by atoms with Gasteiger partial charge < -0.3 is 15.7 Å². The first-order chi connectivity index (χ1) is 8.54. The van der Waals surface area contributed by atoms with Crippen LogP contribution in [0.15, 0.2) is 22.7 Å². The van der Waals surface area contributed by atoms with Crippen LogP contribution in [0.2, 0.25) is 0 Å². The molecule has 0 aliphatic heterocycles. The van der Waals surface area contributed by atoms with Crippen LogP contribution in [0.5, 0.6) is 0 Å². The molecule has 1 aromatic carbocycles. The second kappa shape index (κ2) is 7.13. The fraction of sp³-hybridized carbons (Fsp3) is 0.333. The predicted octanol–water partition coefficient (Wildman–Crippen LogP) is 1.19. The molecular formula is C12H15BrN2O3. The number of rotatable bonds is 4. The molecule has 0 fully saturated rings. The van der Waals surface area contributed by atoms with Gasteiger partial charge in [-0.15, -0.1) is 0 Å². The van der Waals surface area contributed by atoms with Crippen molar-refractivity contribution in [3.8, 4) is 0 Å². The van der Waals surface area contributed by atoms with E-state index in [-0.39, 0.29) is 13.2 Å². The summed E-state index contributed by atoms with van der Waals surface area (Å²) in [7, 11) is 0. The first-order valence-corrected chi connectivity index (χ1v) is 6.30. The van der Waals surface area contributed by atoms with Crippen molar-refractivity contribution in [3.63, 3.8) is 0 Å². The molecule has 0 heterocycles. The number of aliphatic hydroxyl groups is 1. The van der Waals surface area contributed by atoms with Crippen LogP contribution in [0.3, 0.4) is 0 Å². The molecule has 0 aromatic heterocycles. The van der Waals surface area contributed by atoms with Crippen molar-refractivity contribution in [2.45, 2.75) is 13.3 Å². The van der Waals surface area contributed by atoms with Gasteiger partial charge in [-0.1, -0.05) is 15.9 Å². The fourth-order valence-corrected chi connectivity index (χ4v) is 1.52. The molecule has 1 rings (SSSR count). The summed E-state index contributed by atoms with van der Waals surface area (Å²) >= 11 is 3.35. The highest BCUT2D eigenvalue weighted by atomic mass is 79.9. The normalized spacial score (nSPS) is 9.94. The van der Waals surface area contributed by atoms with Crippen LogP contribution >= 0.6 is 15.9 Å². The maximum Gasteiger partial charge on any atom is 0.313 e. The van der Waals surface area contributed by atoms with Crippen LogP contribution in [0.4, 0.5) is 5.69 Å². The van der Waals surface area contributed by atoms with Crippen LogP contribution in [0, 0.1) is 6.92 Å². The van der Waals surface area contributed by atoms with Gasteiger partial charge in [0, 0.05) is 23.3 Å². The Morgan fingerprint density at radius 3 is 2.67 bits per heavy atom. The number of carbonyl (C=O) groups excluding carboxylic acids is 2. The van der Waals surface area contributed by atoms with E-state index in [2.05, 4.69) is 26.6 Å². The molecule has 5 nitrogen and oxygen atoms in total. The molecule has 1 aromatic rings. The van der Waals surface area contributed by atoms with Crippen LogP contribution in [0.1, 0.15) is 12.0 Å². The lowest BCUT2D eigenvalue weighted by Crippen LogP contribution is -2.36. The molecule has 0 saturated carbocycles. The summed E-state index contributed by atoms with van der Waals surface area (Å²) in [5, 5.41) is 13.5. The molecule has 3 N–H and O–H groups in total. The first-order valence-electron chi connectivity index (χ1n) is 5.51. The highest BCUT2D eigenvalue weighted by Gasteiger charge is 2.12. The SMILES string of the molecule is Cc1cc(NC(=O)C(=O)NCCCO)ccc1Br. The van der Waals surface area contributed by atoms with E-state index in [1.807, 2.05) is 6.92 Å². The van der Waals surface area contributed by atoms with Gasteiger partial charge in [0.05, 0.1) is 0 Å². The molecule has 0 atom stereocenters. The molecule has 98 valence electrons. The number of aryl methyl sites for hydroxylation is 1. The van der Waals surface area contributed by atoms with Crippen LogP contribution in [-0.4, -0.2) is 30.1 Å². The van der Waals surface area contributed by atoms with Crippen molar-refractivity contribution in [2.75, 3.05) is 18.5 Å². The van der Waals surface area contributed by atoms with Crippen molar-refractivity contribution in [3.05, 3.63) is 28.2 Å². The zero-order valence-corrected chi connectivity index (χ0v) is 11.6. The predicted molar refractivity (Wildman–Crippen MR) is 72.2 cm³/mol. The Labute approximate surface area is 114 Å².